The van der Waals surface area contributed by atoms with Gasteiger partial charge in [-0.3, -0.25) is 9.59 Å². The molecule has 6 nitrogen and oxygen atoms in total. The Morgan fingerprint density at radius 1 is 1.04 bits per heavy atom. The summed E-state index contributed by atoms with van der Waals surface area (Å²) < 4.78 is 10.6. The molecule has 1 saturated heterocycles. The van der Waals surface area contributed by atoms with E-state index in [1.54, 1.807) is 37.3 Å². The van der Waals surface area contributed by atoms with Crippen molar-refractivity contribution in [1.29, 1.82) is 0 Å². The molecule has 2 aromatic rings. The molecule has 0 unspecified atom stereocenters. The van der Waals surface area contributed by atoms with E-state index >= 15 is 0 Å². The molecule has 0 radical (unpaired) electrons. The van der Waals surface area contributed by atoms with Gasteiger partial charge in [0.05, 0.1) is 6.04 Å². The lowest BCUT2D eigenvalue weighted by Gasteiger charge is -2.24. The van der Waals surface area contributed by atoms with E-state index in [4.69, 9.17) is 9.47 Å². The van der Waals surface area contributed by atoms with E-state index < -0.39 is 36.2 Å². The van der Waals surface area contributed by atoms with Gasteiger partial charge >= 0.3 is 12.1 Å². The van der Waals surface area contributed by atoms with Crippen LogP contribution in [0, 0.1) is 0 Å². The van der Waals surface area contributed by atoms with Crippen molar-refractivity contribution in [3.63, 3.8) is 0 Å². The Bertz CT molecular complexity index is 805. The van der Waals surface area contributed by atoms with Crippen LogP contribution in [0.3, 0.4) is 0 Å². The van der Waals surface area contributed by atoms with E-state index in [9.17, 15) is 14.4 Å². The van der Waals surface area contributed by atoms with Crippen molar-refractivity contribution >= 4 is 18.0 Å². The maximum atomic E-state index is 13.0. The highest BCUT2D eigenvalue weighted by Crippen LogP contribution is 2.34. The molecule has 0 aliphatic carbocycles. The highest BCUT2D eigenvalue weighted by Gasteiger charge is 2.46. The van der Waals surface area contributed by atoms with Crippen LogP contribution in [-0.2, 0) is 19.1 Å². The maximum Gasteiger partial charge on any atom is 0.417 e. The van der Waals surface area contributed by atoms with Gasteiger partial charge in [0.1, 0.15) is 6.10 Å². The molecule has 0 spiro atoms. The monoisotopic (exact) mass is 353 g/mol. The number of hydrogen-bond donors (Lipinski definition) is 0. The molecule has 0 saturated carbocycles. The predicted octanol–water partition coefficient (Wildman–Crippen LogP) is 3.40. The van der Waals surface area contributed by atoms with Crippen molar-refractivity contribution in [2.45, 2.75) is 32.1 Å². The second kappa shape index (κ2) is 7.39. The Morgan fingerprint density at radius 3 is 2.19 bits per heavy atom. The van der Waals surface area contributed by atoms with E-state index in [1.807, 2.05) is 30.3 Å². The van der Waals surface area contributed by atoms with E-state index in [0.29, 0.717) is 5.56 Å². The van der Waals surface area contributed by atoms with Gasteiger partial charge in [0.25, 0.3) is 5.91 Å². The SMILES string of the molecule is CC(=O)O[C@H](C(=O)N1C(=O)O[C@@H](c2ccccc2)[C@H]1C)c1ccccc1. The Kier molecular flexibility index (Phi) is 5.02. The highest BCUT2D eigenvalue weighted by molar-refractivity contribution is 5.97. The van der Waals surface area contributed by atoms with Gasteiger partial charge < -0.3 is 9.47 Å². The molecule has 1 aliphatic rings. The number of hydrogen-bond acceptors (Lipinski definition) is 5. The summed E-state index contributed by atoms with van der Waals surface area (Å²) >= 11 is 0. The number of esters is 1. The maximum absolute atomic E-state index is 13.0. The summed E-state index contributed by atoms with van der Waals surface area (Å²) in [6.07, 6.45) is -2.51. The summed E-state index contributed by atoms with van der Waals surface area (Å²) in [6.45, 7) is 2.96. The zero-order chi connectivity index (χ0) is 18.7. The van der Waals surface area contributed by atoms with Crippen LogP contribution in [0.2, 0.25) is 0 Å². The zero-order valence-corrected chi connectivity index (χ0v) is 14.5. The Balaban J connectivity index is 1.89. The minimum absolute atomic E-state index is 0.496. The van der Waals surface area contributed by atoms with Gasteiger partial charge in [-0.2, -0.15) is 0 Å². The molecule has 0 N–H and O–H groups in total. The van der Waals surface area contributed by atoms with Crippen LogP contribution in [0.4, 0.5) is 4.79 Å². The standard InChI is InChI=1S/C20H19NO5/c1-13-17(15-9-5-3-6-10-15)26-20(24)21(13)19(23)18(25-14(2)22)16-11-7-4-8-12-16/h3-13,17-18H,1-2H3/t13-,17-,18+/m1/s1. The first-order chi connectivity index (χ1) is 12.5. The zero-order valence-electron chi connectivity index (χ0n) is 14.5. The van der Waals surface area contributed by atoms with Crippen LogP contribution in [0.1, 0.15) is 37.2 Å². The van der Waals surface area contributed by atoms with Crippen molar-refractivity contribution in [1.82, 2.24) is 4.90 Å². The molecule has 6 heteroatoms. The predicted molar refractivity (Wildman–Crippen MR) is 92.9 cm³/mol. The first-order valence-electron chi connectivity index (χ1n) is 8.30. The number of cyclic esters (lactones) is 1. The Hall–Kier alpha value is -3.15. The van der Waals surface area contributed by atoms with Crippen molar-refractivity contribution < 1.29 is 23.9 Å². The van der Waals surface area contributed by atoms with Gasteiger partial charge in [-0.05, 0) is 12.5 Å². The van der Waals surface area contributed by atoms with Gasteiger partial charge in [-0.15, -0.1) is 0 Å². The molecular formula is C20H19NO5. The van der Waals surface area contributed by atoms with Gasteiger partial charge in [0.2, 0.25) is 6.10 Å². The lowest BCUT2D eigenvalue weighted by atomic mass is 10.0. The summed E-state index contributed by atoms with van der Waals surface area (Å²) in [5.41, 5.74) is 1.29. The minimum Gasteiger partial charge on any atom is -0.447 e. The smallest absolute Gasteiger partial charge is 0.417 e. The lowest BCUT2D eigenvalue weighted by molar-refractivity contribution is -0.158. The first kappa shape index (κ1) is 17.7. The molecular weight excluding hydrogens is 334 g/mol. The summed E-state index contributed by atoms with van der Waals surface area (Å²) in [6, 6.07) is 17.3. The van der Waals surface area contributed by atoms with Crippen LogP contribution >= 0.6 is 0 Å². The molecule has 1 aliphatic heterocycles. The highest BCUT2D eigenvalue weighted by atomic mass is 16.6. The number of amides is 2. The molecule has 0 aromatic heterocycles. The molecule has 26 heavy (non-hydrogen) atoms. The molecule has 1 heterocycles. The number of carbonyl (C=O) groups excluding carboxylic acids is 3. The second-order valence-electron chi connectivity index (χ2n) is 6.06. The molecule has 134 valence electrons. The number of benzene rings is 2. The first-order valence-corrected chi connectivity index (χ1v) is 8.30. The third-order valence-electron chi connectivity index (χ3n) is 4.25. The molecule has 1 fully saturated rings. The number of carbonyl (C=O) groups is 3. The van der Waals surface area contributed by atoms with Crippen molar-refractivity contribution in [2.75, 3.05) is 0 Å². The summed E-state index contributed by atoms with van der Waals surface area (Å²) in [5.74, 6) is -1.23. The average molecular weight is 353 g/mol. The molecule has 0 bridgehead atoms. The lowest BCUT2D eigenvalue weighted by Crippen LogP contribution is -2.42. The number of ether oxygens (including phenoxy) is 2. The quantitative estimate of drug-likeness (QED) is 0.788. The fourth-order valence-corrected chi connectivity index (χ4v) is 3.03. The van der Waals surface area contributed by atoms with Crippen molar-refractivity contribution in [3.8, 4) is 0 Å². The van der Waals surface area contributed by atoms with Crippen molar-refractivity contribution in [3.05, 3.63) is 71.8 Å². The third-order valence-corrected chi connectivity index (χ3v) is 4.25. The van der Waals surface area contributed by atoms with E-state index in [1.165, 1.54) is 6.92 Å². The van der Waals surface area contributed by atoms with Gasteiger partial charge in [-0.25, -0.2) is 9.69 Å². The topological polar surface area (TPSA) is 72.9 Å². The largest absolute Gasteiger partial charge is 0.447 e. The molecule has 2 amide bonds. The molecule has 2 aromatic carbocycles. The second-order valence-corrected chi connectivity index (χ2v) is 6.06. The van der Waals surface area contributed by atoms with Crippen LogP contribution < -0.4 is 0 Å². The fourth-order valence-electron chi connectivity index (χ4n) is 3.03. The summed E-state index contributed by atoms with van der Waals surface area (Å²) in [7, 11) is 0. The number of nitrogens with zero attached hydrogens (tertiary/aromatic N) is 1. The fraction of sp³-hybridized carbons (Fsp3) is 0.250. The van der Waals surface area contributed by atoms with Gasteiger partial charge in [0.15, 0.2) is 0 Å². The van der Waals surface area contributed by atoms with Crippen LogP contribution in [0.5, 0.6) is 0 Å². The van der Waals surface area contributed by atoms with Crippen molar-refractivity contribution in [2.24, 2.45) is 0 Å². The van der Waals surface area contributed by atoms with E-state index in [2.05, 4.69) is 0 Å². The summed E-state index contributed by atoms with van der Waals surface area (Å²) in [5, 5.41) is 0. The van der Waals surface area contributed by atoms with Gasteiger partial charge in [0, 0.05) is 12.5 Å². The minimum atomic E-state index is -1.20. The molecule has 3 atom stereocenters. The summed E-state index contributed by atoms with van der Waals surface area (Å²) in [4.78, 5) is 37.9. The van der Waals surface area contributed by atoms with E-state index in [-0.39, 0.29) is 0 Å². The molecule has 3 rings (SSSR count). The number of imide groups is 1. The normalized spacial score (nSPS) is 20.4. The average Bonchev–Trinajstić information content (AvgIpc) is 2.95. The van der Waals surface area contributed by atoms with Crippen LogP contribution in [0.15, 0.2) is 60.7 Å². The Morgan fingerprint density at radius 2 is 1.62 bits per heavy atom. The van der Waals surface area contributed by atoms with Crippen LogP contribution in [-0.4, -0.2) is 28.9 Å². The van der Waals surface area contributed by atoms with Gasteiger partial charge in [-0.1, -0.05) is 60.7 Å². The Labute approximate surface area is 151 Å². The number of rotatable bonds is 4. The van der Waals surface area contributed by atoms with Crippen LogP contribution in [0.25, 0.3) is 0 Å². The third kappa shape index (κ3) is 3.44. The van der Waals surface area contributed by atoms with E-state index in [0.717, 1.165) is 10.5 Å².